The quantitative estimate of drug-likeness (QED) is 0.514. The minimum Gasteiger partial charge on any atom is -0.479 e. The van der Waals surface area contributed by atoms with Gasteiger partial charge in [-0.25, -0.2) is 9.59 Å². The predicted molar refractivity (Wildman–Crippen MR) is 45.2 cm³/mol. The third-order valence-electron chi connectivity index (χ3n) is 1.46. The van der Waals surface area contributed by atoms with Gasteiger partial charge in [0.2, 0.25) is 5.54 Å². The summed E-state index contributed by atoms with van der Waals surface area (Å²) in [5, 5.41) is 17.0. The second kappa shape index (κ2) is 4.32. The van der Waals surface area contributed by atoms with Crippen molar-refractivity contribution in [3.63, 3.8) is 0 Å². The van der Waals surface area contributed by atoms with Crippen LogP contribution in [0.4, 0.5) is 0 Å². The second-order valence-electron chi connectivity index (χ2n) is 2.32. The summed E-state index contributed by atoms with van der Waals surface area (Å²) >= 11 is 1.36. The van der Waals surface area contributed by atoms with E-state index in [9.17, 15) is 9.59 Å². The summed E-state index contributed by atoms with van der Waals surface area (Å²) in [4.78, 5) is 20.9. The highest BCUT2D eigenvalue weighted by molar-refractivity contribution is 7.98. The molecule has 0 bridgehead atoms. The highest BCUT2D eigenvalue weighted by Crippen LogP contribution is 2.11. The van der Waals surface area contributed by atoms with Crippen molar-refractivity contribution in [1.82, 2.24) is 0 Å². The molecule has 0 amide bonds. The number of hydrogen-bond donors (Lipinski definition) is 3. The Hall–Kier alpha value is -0.750. The number of carboxylic acids is 2. The molecule has 0 aliphatic heterocycles. The molecular formula is C6H11NO4S. The molecule has 0 aromatic heterocycles. The van der Waals surface area contributed by atoms with Crippen molar-refractivity contribution < 1.29 is 19.8 Å². The molecule has 0 rings (SSSR count). The first-order valence-corrected chi connectivity index (χ1v) is 4.59. The van der Waals surface area contributed by atoms with Crippen LogP contribution in [0.1, 0.15) is 6.42 Å². The van der Waals surface area contributed by atoms with Crippen LogP contribution in [0.3, 0.4) is 0 Å². The molecule has 0 aliphatic carbocycles. The van der Waals surface area contributed by atoms with Gasteiger partial charge in [-0.3, -0.25) is 0 Å². The van der Waals surface area contributed by atoms with Crippen molar-refractivity contribution >= 4 is 23.7 Å². The fourth-order valence-corrected chi connectivity index (χ4v) is 1.09. The van der Waals surface area contributed by atoms with Crippen LogP contribution in [-0.2, 0) is 9.59 Å². The van der Waals surface area contributed by atoms with Crippen LogP contribution in [0.2, 0.25) is 0 Å². The van der Waals surface area contributed by atoms with E-state index in [4.69, 9.17) is 15.9 Å². The molecule has 12 heavy (non-hydrogen) atoms. The van der Waals surface area contributed by atoms with E-state index in [2.05, 4.69) is 0 Å². The van der Waals surface area contributed by atoms with Gasteiger partial charge in [-0.05, 0) is 18.4 Å². The van der Waals surface area contributed by atoms with E-state index in [1.54, 1.807) is 6.26 Å². The zero-order valence-electron chi connectivity index (χ0n) is 6.61. The number of carbonyl (C=O) groups is 2. The number of nitrogens with two attached hydrogens (primary N) is 1. The smallest absolute Gasteiger partial charge is 0.335 e. The molecule has 0 heterocycles. The van der Waals surface area contributed by atoms with E-state index in [-0.39, 0.29) is 6.42 Å². The lowest BCUT2D eigenvalue weighted by Crippen LogP contribution is -2.55. The first-order valence-electron chi connectivity index (χ1n) is 3.19. The first kappa shape index (κ1) is 11.2. The van der Waals surface area contributed by atoms with Crippen molar-refractivity contribution in [3.8, 4) is 0 Å². The van der Waals surface area contributed by atoms with E-state index in [0.717, 1.165) is 0 Å². The molecule has 0 aromatic carbocycles. The van der Waals surface area contributed by atoms with Gasteiger partial charge in [-0.2, -0.15) is 11.8 Å². The van der Waals surface area contributed by atoms with E-state index in [0.29, 0.717) is 5.75 Å². The van der Waals surface area contributed by atoms with Gasteiger partial charge in [-0.1, -0.05) is 0 Å². The number of rotatable bonds is 5. The Bertz CT molecular complexity index is 180. The maximum absolute atomic E-state index is 10.5. The van der Waals surface area contributed by atoms with E-state index >= 15 is 0 Å². The minimum atomic E-state index is -2.14. The summed E-state index contributed by atoms with van der Waals surface area (Å²) < 4.78 is 0. The molecule has 0 saturated carbocycles. The Morgan fingerprint density at radius 2 is 1.83 bits per heavy atom. The number of aliphatic carboxylic acids is 2. The van der Waals surface area contributed by atoms with Crippen LogP contribution in [-0.4, -0.2) is 39.7 Å². The van der Waals surface area contributed by atoms with Crippen molar-refractivity contribution in [2.45, 2.75) is 12.0 Å². The van der Waals surface area contributed by atoms with Gasteiger partial charge < -0.3 is 15.9 Å². The van der Waals surface area contributed by atoms with Gasteiger partial charge in [-0.15, -0.1) is 0 Å². The second-order valence-corrected chi connectivity index (χ2v) is 3.31. The Morgan fingerprint density at radius 3 is 2.08 bits per heavy atom. The van der Waals surface area contributed by atoms with Crippen LogP contribution in [0.25, 0.3) is 0 Å². The lowest BCUT2D eigenvalue weighted by molar-refractivity contribution is -0.156. The zero-order valence-corrected chi connectivity index (χ0v) is 7.43. The van der Waals surface area contributed by atoms with Gasteiger partial charge in [0.15, 0.2) is 0 Å². The lowest BCUT2D eigenvalue weighted by Gasteiger charge is -2.18. The third kappa shape index (κ3) is 2.38. The molecule has 6 heteroatoms. The largest absolute Gasteiger partial charge is 0.479 e. The van der Waals surface area contributed by atoms with Crippen LogP contribution in [0.5, 0.6) is 0 Å². The molecule has 0 spiro atoms. The summed E-state index contributed by atoms with van der Waals surface area (Å²) in [5.74, 6) is -2.58. The molecule has 0 unspecified atom stereocenters. The van der Waals surface area contributed by atoms with Crippen molar-refractivity contribution in [3.05, 3.63) is 0 Å². The summed E-state index contributed by atoms with van der Waals surface area (Å²) in [7, 11) is 0. The molecule has 70 valence electrons. The Morgan fingerprint density at radius 1 is 1.42 bits per heavy atom. The topological polar surface area (TPSA) is 101 Å². The summed E-state index contributed by atoms with van der Waals surface area (Å²) in [6.07, 6.45) is 1.68. The number of carboxylic acid groups (broad SMARTS) is 2. The normalized spacial score (nSPS) is 11.2. The molecule has 0 radical (unpaired) electrons. The number of hydrogen-bond acceptors (Lipinski definition) is 4. The fourth-order valence-electron chi connectivity index (χ4n) is 0.568. The average molecular weight is 193 g/mol. The Balaban J connectivity index is 4.40. The van der Waals surface area contributed by atoms with Gasteiger partial charge in [0.05, 0.1) is 0 Å². The standard InChI is InChI=1S/C6H11NO4S/c1-12-3-2-6(7,4(8)9)5(10)11/h2-3,7H2,1H3,(H,8,9)(H,10,11). The van der Waals surface area contributed by atoms with Gasteiger partial charge in [0.25, 0.3) is 0 Å². The van der Waals surface area contributed by atoms with E-state index in [1.807, 2.05) is 0 Å². The molecule has 0 fully saturated rings. The summed E-state index contributed by atoms with van der Waals surface area (Å²) in [5.41, 5.74) is 3.02. The first-order chi connectivity index (χ1) is 5.45. The number of thioether (sulfide) groups is 1. The molecule has 0 aliphatic rings. The SMILES string of the molecule is CSCCC(N)(C(=O)O)C(=O)O. The monoisotopic (exact) mass is 193 g/mol. The Kier molecular flexibility index (Phi) is 4.05. The summed E-state index contributed by atoms with van der Waals surface area (Å²) in [6, 6.07) is 0. The molecule has 4 N–H and O–H groups in total. The van der Waals surface area contributed by atoms with Gasteiger partial charge in [0, 0.05) is 0 Å². The molecule has 0 atom stereocenters. The van der Waals surface area contributed by atoms with E-state index < -0.39 is 17.5 Å². The van der Waals surface area contributed by atoms with Crippen molar-refractivity contribution in [1.29, 1.82) is 0 Å². The molecule has 0 aromatic rings. The van der Waals surface area contributed by atoms with E-state index in [1.165, 1.54) is 11.8 Å². The Labute approximate surface area is 73.9 Å². The molecule has 5 nitrogen and oxygen atoms in total. The molecular weight excluding hydrogens is 182 g/mol. The minimum absolute atomic E-state index is 0.0706. The van der Waals surface area contributed by atoms with Crippen molar-refractivity contribution in [2.24, 2.45) is 5.73 Å². The van der Waals surface area contributed by atoms with Gasteiger partial charge in [0.1, 0.15) is 0 Å². The average Bonchev–Trinajstić information content (AvgIpc) is 1.99. The maximum Gasteiger partial charge on any atom is 0.335 e. The van der Waals surface area contributed by atoms with Crippen LogP contribution >= 0.6 is 11.8 Å². The third-order valence-corrected chi connectivity index (χ3v) is 2.08. The highest BCUT2D eigenvalue weighted by atomic mass is 32.2. The van der Waals surface area contributed by atoms with Crippen LogP contribution < -0.4 is 5.73 Å². The fraction of sp³-hybridized carbons (Fsp3) is 0.667. The summed E-state index contributed by atoms with van der Waals surface area (Å²) in [6.45, 7) is 0. The molecule has 0 saturated heterocycles. The zero-order chi connectivity index (χ0) is 9.78. The maximum atomic E-state index is 10.5. The van der Waals surface area contributed by atoms with Crippen LogP contribution in [0.15, 0.2) is 0 Å². The van der Waals surface area contributed by atoms with Crippen LogP contribution in [0, 0.1) is 0 Å². The van der Waals surface area contributed by atoms with Crippen molar-refractivity contribution in [2.75, 3.05) is 12.0 Å². The van der Waals surface area contributed by atoms with Gasteiger partial charge >= 0.3 is 11.9 Å². The lowest BCUT2D eigenvalue weighted by atomic mass is 9.98. The predicted octanol–water partition coefficient (Wildman–Crippen LogP) is -0.394. The highest BCUT2D eigenvalue weighted by Gasteiger charge is 2.41.